The lowest BCUT2D eigenvalue weighted by atomic mass is 9.46. The van der Waals surface area contributed by atoms with Gasteiger partial charge in [0.1, 0.15) is 5.60 Å². The molecule has 158 valence electrons. The standard InChI is InChI=1S/C24H32O4S/c1-14(25)29-19-13-15-12-16(26)4-8-22(15,2)17-5-9-23(3)18(21(17)19)6-10-24(23)11-7-20(27)28-24/h12,17-19,21H,4-11,13H2,1-3H3/t17?,18-,19?,21?,22-,23-,24+/m0/s1. The van der Waals surface area contributed by atoms with Gasteiger partial charge in [-0.25, -0.2) is 0 Å². The topological polar surface area (TPSA) is 60.4 Å². The molecule has 0 aromatic rings. The maximum atomic E-state index is 12.2. The summed E-state index contributed by atoms with van der Waals surface area (Å²) in [7, 11) is 0. The normalized spacial score (nSPS) is 48.6. The Bertz CT molecular complexity index is 818. The van der Waals surface area contributed by atoms with Crippen LogP contribution in [0.15, 0.2) is 11.6 Å². The Morgan fingerprint density at radius 2 is 1.83 bits per heavy atom. The summed E-state index contributed by atoms with van der Waals surface area (Å²) in [5.41, 5.74) is 1.09. The van der Waals surface area contributed by atoms with E-state index < -0.39 is 0 Å². The van der Waals surface area contributed by atoms with Crippen LogP contribution in [0.3, 0.4) is 0 Å². The van der Waals surface area contributed by atoms with Crippen molar-refractivity contribution < 1.29 is 19.1 Å². The van der Waals surface area contributed by atoms with E-state index in [-0.39, 0.29) is 38.5 Å². The molecule has 1 heterocycles. The molecule has 4 fully saturated rings. The van der Waals surface area contributed by atoms with Crippen LogP contribution in [0.25, 0.3) is 0 Å². The van der Waals surface area contributed by atoms with Crippen LogP contribution in [-0.2, 0) is 19.1 Å². The molecule has 0 bridgehead atoms. The average Bonchev–Trinajstić information content (AvgIpc) is 3.17. The molecule has 29 heavy (non-hydrogen) atoms. The molecule has 0 aromatic carbocycles. The van der Waals surface area contributed by atoms with E-state index >= 15 is 0 Å². The first-order valence-electron chi connectivity index (χ1n) is 11.3. The molecule has 4 aliphatic carbocycles. The number of esters is 1. The molecule has 0 radical (unpaired) electrons. The van der Waals surface area contributed by atoms with Crippen LogP contribution in [-0.4, -0.2) is 27.7 Å². The molecule has 0 N–H and O–H groups in total. The van der Waals surface area contributed by atoms with Gasteiger partial charge in [0.05, 0.1) is 0 Å². The summed E-state index contributed by atoms with van der Waals surface area (Å²) in [6.45, 7) is 6.42. The fourth-order valence-corrected chi connectivity index (χ4v) is 9.36. The first-order chi connectivity index (χ1) is 13.7. The number of ketones is 1. The van der Waals surface area contributed by atoms with E-state index in [1.807, 2.05) is 6.08 Å². The highest BCUT2D eigenvalue weighted by molar-refractivity contribution is 8.14. The van der Waals surface area contributed by atoms with Crippen molar-refractivity contribution in [2.45, 2.75) is 89.4 Å². The fraction of sp³-hybridized carbons (Fsp3) is 0.792. The number of hydrogen-bond donors (Lipinski definition) is 0. The second-order valence-corrected chi connectivity index (χ2v) is 12.1. The van der Waals surface area contributed by atoms with Crippen molar-refractivity contribution in [3.63, 3.8) is 0 Å². The van der Waals surface area contributed by atoms with Crippen molar-refractivity contribution in [3.05, 3.63) is 11.6 Å². The summed E-state index contributed by atoms with van der Waals surface area (Å²) in [4.78, 5) is 36.4. The van der Waals surface area contributed by atoms with Gasteiger partial charge in [0.25, 0.3) is 0 Å². The van der Waals surface area contributed by atoms with Crippen molar-refractivity contribution >= 4 is 28.6 Å². The van der Waals surface area contributed by atoms with Crippen molar-refractivity contribution in [1.82, 2.24) is 0 Å². The van der Waals surface area contributed by atoms with Gasteiger partial charge in [-0.05, 0) is 74.2 Å². The number of rotatable bonds is 1. The van der Waals surface area contributed by atoms with Crippen LogP contribution < -0.4 is 0 Å². The molecule has 3 unspecified atom stereocenters. The van der Waals surface area contributed by atoms with Gasteiger partial charge in [-0.3, -0.25) is 14.4 Å². The Morgan fingerprint density at radius 1 is 1.07 bits per heavy atom. The number of carbonyl (C=O) groups is 3. The third kappa shape index (κ3) is 2.68. The molecule has 1 saturated heterocycles. The quantitative estimate of drug-likeness (QED) is 0.572. The van der Waals surface area contributed by atoms with E-state index in [0.29, 0.717) is 30.6 Å². The average molecular weight is 417 g/mol. The van der Waals surface area contributed by atoms with Gasteiger partial charge in [0.15, 0.2) is 10.9 Å². The van der Waals surface area contributed by atoms with Gasteiger partial charge in [0.2, 0.25) is 0 Å². The first kappa shape index (κ1) is 19.8. The molecule has 5 heteroatoms. The van der Waals surface area contributed by atoms with E-state index in [9.17, 15) is 14.4 Å². The Hall–Kier alpha value is -1.10. The molecular formula is C24H32O4S. The maximum Gasteiger partial charge on any atom is 0.306 e. The lowest BCUT2D eigenvalue weighted by Crippen LogP contribution is -2.57. The van der Waals surface area contributed by atoms with Gasteiger partial charge in [-0.1, -0.05) is 31.2 Å². The second-order valence-electron chi connectivity index (χ2n) is 10.7. The Balaban J connectivity index is 1.56. The Morgan fingerprint density at radius 3 is 2.52 bits per heavy atom. The zero-order valence-corrected chi connectivity index (χ0v) is 18.6. The van der Waals surface area contributed by atoms with Crippen molar-refractivity contribution in [1.29, 1.82) is 0 Å². The molecule has 5 aliphatic rings. The predicted molar refractivity (Wildman–Crippen MR) is 112 cm³/mol. The van der Waals surface area contributed by atoms with Crippen LogP contribution in [0.5, 0.6) is 0 Å². The van der Waals surface area contributed by atoms with Gasteiger partial charge in [-0.15, -0.1) is 0 Å². The summed E-state index contributed by atoms with van der Waals surface area (Å²) >= 11 is 1.50. The van der Waals surface area contributed by atoms with E-state index in [1.54, 1.807) is 6.92 Å². The highest BCUT2D eigenvalue weighted by Gasteiger charge is 2.68. The molecular weight excluding hydrogens is 384 g/mol. The number of fused-ring (bicyclic) bond motifs is 6. The minimum Gasteiger partial charge on any atom is -0.458 e. The molecule has 4 nitrogen and oxygen atoms in total. The molecule has 1 aliphatic heterocycles. The number of thioether (sulfide) groups is 1. The second kappa shape index (κ2) is 6.45. The number of allylic oxidation sites excluding steroid dienone is 1. The van der Waals surface area contributed by atoms with E-state index in [2.05, 4.69) is 13.8 Å². The SMILES string of the molecule is CC(=O)SC1CC2=CC(=O)CC[C@]2(C)C2CC[C@@]3(C)[C@@H](CC[C@@]34CCC(=O)O4)C12. The summed E-state index contributed by atoms with van der Waals surface area (Å²) in [6.07, 6.45) is 10.0. The summed E-state index contributed by atoms with van der Waals surface area (Å²) < 4.78 is 6.06. The third-order valence-corrected chi connectivity index (χ3v) is 10.7. The molecule has 7 atom stereocenters. The number of hydrogen-bond acceptors (Lipinski definition) is 5. The predicted octanol–water partition coefficient (Wildman–Crippen LogP) is 4.85. The van der Waals surface area contributed by atoms with Gasteiger partial charge < -0.3 is 4.74 Å². The zero-order valence-electron chi connectivity index (χ0n) is 17.8. The smallest absolute Gasteiger partial charge is 0.306 e. The Labute approximate surface area is 177 Å². The van der Waals surface area contributed by atoms with Crippen molar-refractivity contribution in [3.8, 4) is 0 Å². The minimum absolute atomic E-state index is 0.0119. The number of ether oxygens (including phenoxy) is 1. The molecule has 1 spiro atoms. The van der Waals surface area contributed by atoms with Crippen LogP contribution >= 0.6 is 11.8 Å². The van der Waals surface area contributed by atoms with E-state index in [4.69, 9.17) is 4.74 Å². The lowest BCUT2D eigenvalue weighted by Gasteiger charge is -2.61. The summed E-state index contributed by atoms with van der Waals surface area (Å²) in [5.74, 6) is 1.67. The molecule has 0 aromatic heterocycles. The zero-order chi connectivity index (χ0) is 20.6. The number of carbonyl (C=O) groups excluding carboxylic acids is 3. The highest BCUT2D eigenvalue weighted by atomic mass is 32.2. The van der Waals surface area contributed by atoms with Crippen LogP contribution in [0, 0.1) is 28.6 Å². The van der Waals surface area contributed by atoms with Gasteiger partial charge >= 0.3 is 5.97 Å². The molecule has 3 saturated carbocycles. The van der Waals surface area contributed by atoms with E-state index in [0.717, 1.165) is 44.9 Å². The Kier molecular flexibility index (Phi) is 4.41. The monoisotopic (exact) mass is 416 g/mol. The van der Waals surface area contributed by atoms with Crippen LogP contribution in [0.4, 0.5) is 0 Å². The van der Waals surface area contributed by atoms with Crippen molar-refractivity contribution in [2.24, 2.45) is 28.6 Å². The lowest BCUT2D eigenvalue weighted by molar-refractivity contribution is -0.167. The molecule has 5 rings (SSSR count). The molecule has 0 amide bonds. The van der Waals surface area contributed by atoms with E-state index in [1.165, 1.54) is 17.3 Å². The highest BCUT2D eigenvalue weighted by Crippen LogP contribution is 2.70. The van der Waals surface area contributed by atoms with Crippen LogP contribution in [0.1, 0.15) is 78.6 Å². The maximum absolute atomic E-state index is 12.2. The first-order valence-corrected chi connectivity index (χ1v) is 12.2. The third-order valence-electron chi connectivity index (χ3n) is 9.61. The van der Waals surface area contributed by atoms with Gasteiger partial charge in [0, 0.05) is 30.4 Å². The summed E-state index contributed by atoms with van der Waals surface area (Å²) in [6, 6.07) is 0. The largest absolute Gasteiger partial charge is 0.458 e. The summed E-state index contributed by atoms with van der Waals surface area (Å²) in [5, 5.41) is 0.409. The van der Waals surface area contributed by atoms with Gasteiger partial charge in [-0.2, -0.15) is 0 Å². The van der Waals surface area contributed by atoms with Crippen LogP contribution in [0.2, 0.25) is 0 Å². The minimum atomic E-state index is -0.287. The van der Waals surface area contributed by atoms with Crippen molar-refractivity contribution in [2.75, 3.05) is 0 Å². The fourth-order valence-electron chi connectivity index (χ4n) is 8.13.